The van der Waals surface area contributed by atoms with E-state index in [1.54, 1.807) is 0 Å². The largest absolute Gasteiger partial charge is 0.468 e. The van der Waals surface area contributed by atoms with Crippen LogP contribution >= 0.6 is 0 Å². The van der Waals surface area contributed by atoms with Gasteiger partial charge in [-0.3, -0.25) is 9.69 Å². The van der Waals surface area contributed by atoms with Gasteiger partial charge in [0.05, 0.1) is 7.11 Å². The van der Waals surface area contributed by atoms with Crippen LogP contribution in [0.2, 0.25) is 0 Å². The van der Waals surface area contributed by atoms with E-state index in [1.165, 1.54) is 7.11 Å². The van der Waals surface area contributed by atoms with Crippen LogP contribution in [-0.2, 0) is 9.53 Å². The number of methoxy groups -OCH3 is 1. The molecule has 0 saturated carbocycles. The first-order valence-electron chi connectivity index (χ1n) is 7.34. The van der Waals surface area contributed by atoms with E-state index in [4.69, 9.17) is 4.74 Å². The fourth-order valence-corrected chi connectivity index (χ4v) is 2.15. The van der Waals surface area contributed by atoms with Crippen molar-refractivity contribution in [2.45, 2.75) is 59.5 Å². The first-order chi connectivity index (χ1) is 8.76. The predicted octanol–water partition coefficient (Wildman–Crippen LogP) is 2.28. The van der Waals surface area contributed by atoms with Gasteiger partial charge in [0.25, 0.3) is 0 Å². The van der Waals surface area contributed by atoms with Crippen LogP contribution in [0.1, 0.15) is 48.0 Å². The summed E-state index contributed by atoms with van der Waals surface area (Å²) in [4.78, 5) is 14.4. The molecule has 0 amide bonds. The number of nitrogens with zero attached hydrogens (tertiary/aromatic N) is 1. The van der Waals surface area contributed by atoms with Crippen LogP contribution in [-0.4, -0.2) is 49.2 Å². The Kier molecular flexibility index (Phi) is 8.26. The Morgan fingerprint density at radius 2 is 1.89 bits per heavy atom. The summed E-state index contributed by atoms with van der Waals surface area (Å²) >= 11 is 0. The number of hydrogen-bond donors (Lipinski definition) is 1. The number of carbonyl (C=O) groups is 1. The summed E-state index contributed by atoms with van der Waals surface area (Å²) in [6.45, 7) is 15.2. The average Bonchev–Trinajstić information content (AvgIpc) is 2.33. The molecule has 4 nitrogen and oxygen atoms in total. The third kappa shape index (κ3) is 6.39. The van der Waals surface area contributed by atoms with Gasteiger partial charge >= 0.3 is 5.97 Å². The summed E-state index contributed by atoms with van der Waals surface area (Å²) in [6.07, 6.45) is 0.998. The normalized spacial score (nSPS) is 15.1. The highest BCUT2D eigenvalue weighted by atomic mass is 16.5. The molecule has 114 valence electrons. The van der Waals surface area contributed by atoms with E-state index in [9.17, 15) is 4.79 Å². The van der Waals surface area contributed by atoms with Gasteiger partial charge in [-0.05, 0) is 39.7 Å². The first-order valence-corrected chi connectivity index (χ1v) is 7.34. The number of hydrogen-bond acceptors (Lipinski definition) is 4. The molecule has 1 unspecified atom stereocenters. The molecule has 0 saturated heterocycles. The lowest BCUT2D eigenvalue weighted by Crippen LogP contribution is -2.59. The van der Waals surface area contributed by atoms with Crippen LogP contribution in [0.4, 0.5) is 0 Å². The van der Waals surface area contributed by atoms with E-state index < -0.39 is 5.54 Å². The maximum absolute atomic E-state index is 12.1. The summed E-state index contributed by atoms with van der Waals surface area (Å²) in [5.74, 6) is 0.394. The fraction of sp³-hybridized carbons (Fsp3) is 0.933. The summed E-state index contributed by atoms with van der Waals surface area (Å²) in [6, 6.07) is 0.412. The summed E-state index contributed by atoms with van der Waals surface area (Å²) in [5, 5.41) is 3.34. The van der Waals surface area contributed by atoms with Crippen molar-refractivity contribution in [1.29, 1.82) is 0 Å². The van der Waals surface area contributed by atoms with Crippen molar-refractivity contribution in [2.75, 3.05) is 26.7 Å². The van der Waals surface area contributed by atoms with Crippen molar-refractivity contribution in [3.05, 3.63) is 0 Å². The molecule has 0 aromatic carbocycles. The Bertz CT molecular complexity index is 267. The summed E-state index contributed by atoms with van der Waals surface area (Å²) < 4.78 is 4.97. The van der Waals surface area contributed by atoms with Crippen molar-refractivity contribution in [1.82, 2.24) is 10.2 Å². The molecule has 0 spiro atoms. The molecule has 0 aromatic rings. The van der Waals surface area contributed by atoms with Crippen LogP contribution in [0.5, 0.6) is 0 Å². The van der Waals surface area contributed by atoms with Gasteiger partial charge in [-0.25, -0.2) is 0 Å². The van der Waals surface area contributed by atoms with E-state index in [0.717, 1.165) is 19.5 Å². The highest BCUT2D eigenvalue weighted by Gasteiger charge is 2.36. The van der Waals surface area contributed by atoms with Gasteiger partial charge in [0.1, 0.15) is 5.54 Å². The Labute approximate surface area is 118 Å². The Morgan fingerprint density at radius 3 is 2.26 bits per heavy atom. The van der Waals surface area contributed by atoms with Crippen LogP contribution < -0.4 is 5.32 Å². The number of ether oxygens (including phenoxy) is 1. The molecule has 1 N–H and O–H groups in total. The van der Waals surface area contributed by atoms with Crippen molar-refractivity contribution in [2.24, 2.45) is 5.92 Å². The zero-order valence-electron chi connectivity index (χ0n) is 13.7. The quantitative estimate of drug-likeness (QED) is 0.654. The van der Waals surface area contributed by atoms with E-state index in [2.05, 4.69) is 44.8 Å². The van der Waals surface area contributed by atoms with Crippen molar-refractivity contribution < 1.29 is 9.53 Å². The van der Waals surface area contributed by atoms with Crippen molar-refractivity contribution >= 4 is 5.97 Å². The zero-order valence-corrected chi connectivity index (χ0v) is 13.7. The average molecular weight is 272 g/mol. The lowest BCUT2D eigenvalue weighted by molar-refractivity contribution is -0.149. The van der Waals surface area contributed by atoms with Crippen LogP contribution in [0.25, 0.3) is 0 Å². The molecule has 0 aromatic heterocycles. The van der Waals surface area contributed by atoms with Crippen molar-refractivity contribution in [3.8, 4) is 0 Å². The minimum atomic E-state index is -0.635. The number of carbonyl (C=O) groups excluding carboxylic acids is 1. The predicted molar refractivity (Wildman–Crippen MR) is 80.3 cm³/mol. The number of rotatable bonds is 9. The second-order valence-electron chi connectivity index (χ2n) is 6.17. The van der Waals surface area contributed by atoms with Gasteiger partial charge in [0.2, 0.25) is 0 Å². The Balaban J connectivity index is 4.88. The number of esters is 1. The smallest absolute Gasteiger partial charge is 0.327 e. The molecule has 0 fully saturated rings. The second-order valence-corrected chi connectivity index (χ2v) is 6.17. The van der Waals surface area contributed by atoms with Gasteiger partial charge < -0.3 is 10.1 Å². The Hall–Kier alpha value is -0.610. The lowest BCUT2D eigenvalue weighted by atomic mass is 9.99. The van der Waals surface area contributed by atoms with Gasteiger partial charge in [-0.2, -0.15) is 0 Å². The zero-order chi connectivity index (χ0) is 15.1. The lowest BCUT2D eigenvalue weighted by Gasteiger charge is -2.37. The van der Waals surface area contributed by atoms with Crippen LogP contribution in [0.3, 0.4) is 0 Å². The Morgan fingerprint density at radius 1 is 1.32 bits per heavy atom. The molecule has 0 radical (unpaired) electrons. The molecular formula is C15H32N2O2. The molecule has 0 aliphatic carbocycles. The molecule has 0 aliphatic rings. The van der Waals surface area contributed by atoms with E-state index in [-0.39, 0.29) is 5.97 Å². The molecule has 19 heavy (non-hydrogen) atoms. The third-order valence-electron chi connectivity index (χ3n) is 3.25. The third-order valence-corrected chi connectivity index (χ3v) is 3.25. The minimum Gasteiger partial charge on any atom is -0.468 e. The summed E-state index contributed by atoms with van der Waals surface area (Å²) in [7, 11) is 1.45. The maximum atomic E-state index is 12.1. The monoisotopic (exact) mass is 272 g/mol. The van der Waals surface area contributed by atoms with E-state index >= 15 is 0 Å². The number of nitrogens with one attached hydrogen (secondary N) is 1. The molecule has 0 bridgehead atoms. The van der Waals surface area contributed by atoms with Crippen LogP contribution in [0.15, 0.2) is 0 Å². The fourth-order valence-electron chi connectivity index (χ4n) is 2.15. The van der Waals surface area contributed by atoms with Crippen LogP contribution in [0, 0.1) is 5.92 Å². The molecule has 0 aliphatic heterocycles. The molecular weight excluding hydrogens is 240 g/mol. The van der Waals surface area contributed by atoms with E-state index in [1.807, 2.05) is 6.92 Å². The minimum absolute atomic E-state index is 0.185. The van der Waals surface area contributed by atoms with Crippen molar-refractivity contribution in [3.63, 3.8) is 0 Å². The maximum Gasteiger partial charge on any atom is 0.327 e. The topological polar surface area (TPSA) is 41.6 Å². The molecule has 4 heteroatoms. The standard InChI is InChI=1S/C15H32N2O2/c1-8-9-16-15(6,14(18)19-7)11-17(13(4)5)10-12(2)3/h12-13,16H,8-11H2,1-7H3. The molecule has 0 heterocycles. The van der Waals surface area contributed by atoms with Gasteiger partial charge in [0, 0.05) is 19.1 Å². The first kappa shape index (κ1) is 18.4. The van der Waals surface area contributed by atoms with E-state index in [0.29, 0.717) is 18.5 Å². The molecule has 1 atom stereocenters. The summed E-state index contributed by atoms with van der Waals surface area (Å²) in [5.41, 5.74) is -0.635. The highest BCUT2D eigenvalue weighted by molar-refractivity contribution is 5.80. The van der Waals surface area contributed by atoms with Gasteiger partial charge in [-0.1, -0.05) is 20.8 Å². The van der Waals surface area contributed by atoms with Gasteiger partial charge in [-0.15, -0.1) is 0 Å². The second kappa shape index (κ2) is 8.54. The van der Waals surface area contributed by atoms with Gasteiger partial charge in [0.15, 0.2) is 0 Å². The highest BCUT2D eigenvalue weighted by Crippen LogP contribution is 2.14. The SMILES string of the molecule is CCCNC(C)(CN(CC(C)C)C(C)C)C(=O)OC. The molecule has 0 rings (SSSR count).